The number of hydrogen-bond donors (Lipinski definition) is 0. The minimum Gasteiger partial charge on any atom is -0.494 e. The molecule has 0 saturated carbocycles. The number of ether oxygens (including phenoxy) is 1. The Balaban J connectivity index is 1.35. The second-order valence-corrected chi connectivity index (χ2v) is 9.39. The summed E-state index contributed by atoms with van der Waals surface area (Å²) in [7, 11) is -3.53. The summed E-state index contributed by atoms with van der Waals surface area (Å²) in [6.45, 7) is 6.96. The van der Waals surface area contributed by atoms with Crippen LogP contribution >= 0.6 is 0 Å². The number of rotatable bonds is 7. The van der Waals surface area contributed by atoms with Gasteiger partial charge >= 0.3 is 0 Å². The van der Waals surface area contributed by atoms with Crippen molar-refractivity contribution in [1.29, 1.82) is 0 Å². The SMILES string of the molecule is CCOc1ccc(S(=O)(=O)N2CCN(Cc3nnc(-c4cccc(C)c4)o3)CC2)cc1. The fourth-order valence-electron chi connectivity index (χ4n) is 3.56. The second-order valence-electron chi connectivity index (χ2n) is 7.46. The first-order valence-corrected chi connectivity index (χ1v) is 11.7. The van der Waals surface area contributed by atoms with Gasteiger partial charge in [0.05, 0.1) is 18.0 Å². The van der Waals surface area contributed by atoms with Gasteiger partial charge in [0.25, 0.3) is 0 Å². The van der Waals surface area contributed by atoms with Crippen molar-refractivity contribution in [3.8, 4) is 17.2 Å². The van der Waals surface area contributed by atoms with Crippen molar-refractivity contribution in [3.63, 3.8) is 0 Å². The Morgan fingerprint density at radius 2 is 1.77 bits per heavy atom. The number of hydrogen-bond acceptors (Lipinski definition) is 7. The van der Waals surface area contributed by atoms with Gasteiger partial charge in [-0.1, -0.05) is 17.7 Å². The van der Waals surface area contributed by atoms with Crippen LogP contribution in [0.2, 0.25) is 0 Å². The smallest absolute Gasteiger partial charge is 0.247 e. The van der Waals surface area contributed by atoms with Crippen LogP contribution in [0.25, 0.3) is 11.5 Å². The number of benzene rings is 2. The predicted molar refractivity (Wildman–Crippen MR) is 116 cm³/mol. The van der Waals surface area contributed by atoms with Crippen molar-refractivity contribution in [2.45, 2.75) is 25.3 Å². The van der Waals surface area contributed by atoms with E-state index in [1.54, 1.807) is 24.3 Å². The van der Waals surface area contributed by atoms with E-state index in [0.717, 1.165) is 11.1 Å². The summed E-state index contributed by atoms with van der Waals surface area (Å²) in [4.78, 5) is 2.40. The first-order chi connectivity index (χ1) is 15.0. The van der Waals surface area contributed by atoms with E-state index >= 15 is 0 Å². The molecule has 164 valence electrons. The highest BCUT2D eigenvalue weighted by molar-refractivity contribution is 7.89. The maximum Gasteiger partial charge on any atom is 0.247 e. The average Bonchev–Trinajstić information content (AvgIpc) is 3.23. The van der Waals surface area contributed by atoms with Gasteiger partial charge in [-0.15, -0.1) is 10.2 Å². The molecule has 9 heteroatoms. The number of nitrogens with zero attached hydrogens (tertiary/aromatic N) is 4. The third-order valence-electron chi connectivity index (χ3n) is 5.19. The Morgan fingerprint density at radius 1 is 1.03 bits per heavy atom. The Kier molecular flexibility index (Phi) is 6.35. The molecule has 0 atom stereocenters. The quantitative estimate of drug-likeness (QED) is 0.556. The van der Waals surface area contributed by atoms with E-state index < -0.39 is 10.0 Å². The highest BCUT2D eigenvalue weighted by Gasteiger charge is 2.29. The molecule has 0 radical (unpaired) electrons. The monoisotopic (exact) mass is 442 g/mol. The molecule has 0 spiro atoms. The summed E-state index contributed by atoms with van der Waals surface area (Å²) < 4.78 is 38.6. The van der Waals surface area contributed by atoms with Crippen molar-refractivity contribution < 1.29 is 17.6 Å². The van der Waals surface area contributed by atoms with E-state index in [2.05, 4.69) is 15.1 Å². The molecule has 31 heavy (non-hydrogen) atoms. The average molecular weight is 443 g/mol. The molecule has 1 fully saturated rings. The standard InChI is InChI=1S/C22H26N4O4S/c1-3-29-19-7-9-20(10-8-19)31(27,28)26-13-11-25(12-14-26)16-21-23-24-22(30-21)18-6-4-5-17(2)15-18/h4-10,15H,3,11-14,16H2,1-2H3. The predicted octanol–water partition coefficient (Wildman–Crippen LogP) is 2.95. The normalized spacial score (nSPS) is 15.8. The summed E-state index contributed by atoms with van der Waals surface area (Å²) in [5, 5.41) is 8.30. The maximum absolute atomic E-state index is 12.9. The summed E-state index contributed by atoms with van der Waals surface area (Å²) in [6, 6.07) is 14.5. The molecule has 0 unspecified atom stereocenters. The van der Waals surface area contributed by atoms with Crippen molar-refractivity contribution in [3.05, 3.63) is 60.0 Å². The van der Waals surface area contributed by atoms with E-state index in [1.807, 2.05) is 38.1 Å². The highest BCUT2D eigenvalue weighted by Crippen LogP contribution is 2.22. The van der Waals surface area contributed by atoms with E-state index in [0.29, 0.717) is 56.9 Å². The molecule has 3 aromatic rings. The largest absolute Gasteiger partial charge is 0.494 e. The molecule has 1 aromatic heterocycles. The maximum atomic E-state index is 12.9. The lowest BCUT2D eigenvalue weighted by molar-refractivity contribution is 0.168. The summed E-state index contributed by atoms with van der Waals surface area (Å²) in [5.41, 5.74) is 2.02. The van der Waals surface area contributed by atoms with Gasteiger partial charge in [0.15, 0.2) is 0 Å². The molecular formula is C22H26N4O4S. The van der Waals surface area contributed by atoms with Crippen LogP contribution in [0.4, 0.5) is 0 Å². The van der Waals surface area contributed by atoms with Crippen LogP contribution in [0.3, 0.4) is 0 Å². The minimum absolute atomic E-state index is 0.282. The summed E-state index contributed by atoms with van der Waals surface area (Å²) in [6.07, 6.45) is 0. The lowest BCUT2D eigenvalue weighted by Crippen LogP contribution is -2.48. The number of piperazine rings is 1. The summed E-state index contributed by atoms with van der Waals surface area (Å²) in [5.74, 6) is 1.69. The van der Waals surface area contributed by atoms with Gasteiger partial charge in [-0.05, 0) is 50.2 Å². The van der Waals surface area contributed by atoms with Gasteiger partial charge in [-0.3, -0.25) is 4.90 Å². The van der Waals surface area contributed by atoms with Gasteiger partial charge in [-0.2, -0.15) is 4.31 Å². The van der Waals surface area contributed by atoms with Crippen molar-refractivity contribution in [1.82, 2.24) is 19.4 Å². The van der Waals surface area contributed by atoms with Crippen LogP contribution in [0.15, 0.2) is 57.8 Å². The Hall–Kier alpha value is -2.75. The van der Waals surface area contributed by atoms with Gasteiger partial charge < -0.3 is 9.15 Å². The van der Waals surface area contributed by atoms with Crippen molar-refractivity contribution >= 4 is 10.0 Å². The van der Waals surface area contributed by atoms with Crippen LogP contribution in [0, 0.1) is 6.92 Å². The Bertz CT molecular complexity index is 1120. The number of sulfonamides is 1. The molecule has 2 heterocycles. The van der Waals surface area contributed by atoms with Gasteiger partial charge in [0.1, 0.15) is 5.75 Å². The molecule has 2 aromatic carbocycles. The molecular weight excluding hydrogens is 416 g/mol. The first-order valence-electron chi connectivity index (χ1n) is 10.3. The molecule has 0 bridgehead atoms. The van der Waals surface area contributed by atoms with Gasteiger partial charge in [0.2, 0.25) is 21.8 Å². The van der Waals surface area contributed by atoms with Crippen LogP contribution in [-0.4, -0.2) is 60.6 Å². The van der Waals surface area contributed by atoms with Crippen LogP contribution in [0.5, 0.6) is 5.75 Å². The van der Waals surface area contributed by atoms with E-state index in [9.17, 15) is 8.42 Å². The van der Waals surface area contributed by atoms with E-state index in [-0.39, 0.29) is 4.90 Å². The molecule has 0 aliphatic carbocycles. The van der Waals surface area contributed by atoms with E-state index in [1.165, 1.54) is 4.31 Å². The summed E-state index contributed by atoms with van der Waals surface area (Å²) >= 11 is 0. The lowest BCUT2D eigenvalue weighted by Gasteiger charge is -2.33. The molecule has 8 nitrogen and oxygen atoms in total. The fraction of sp³-hybridized carbons (Fsp3) is 0.364. The first kappa shape index (κ1) is 21.5. The zero-order valence-corrected chi connectivity index (χ0v) is 18.5. The van der Waals surface area contributed by atoms with Crippen LogP contribution in [-0.2, 0) is 16.6 Å². The number of aromatic nitrogens is 2. The number of aryl methyl sites for hydroxylation is 1. The Morgan fingerprint density at radius 3 is 2.45 bits per heavy atom. The Labute approximate surface area is 182 Å². The molecule has 1 aliphatic heterocycles. The third kappa shape index (κ3) is 4.95. The van der Waals surface area contributed by atoms with Crippen molar-refractivity contribution in [2.24, 2.45) is 0 Å². The minimum atomic E-state index is -3.53. The molecule has 4 rings (SSSR count). The zero-order chi connectivity index (χ0) is 21.8. The van der Waals surface area contributed by atoms with Crippen molar-refractivity contribution in [2.75, 3.05) is 32.8 Å². The molecule has 1 aliphatic rings. The van der Waals surface area contributed by atoms with Crippen LogP contribution < -0.4 is 4.74 Å². The topological polar surface area (TPSA) is 88.8 Å². The fourth-order valence-corrected chi connectivity index (χ4v) is 4.98. The second kappa shape index (κ2) is 9.17. The van der Waals surface area contributed by atoms with Gasteiger partial charge in [-0.25, -0.2) is 8.42 Å². The molecule has 1 saturated heterocycles. The highest BCUT2D eigenvalue weighted by atomic mass is 32.2. The lowest BCUT2D eigenvalue weighted by atomic mass is 10.1. The van der Waals surface area contributed by atoms with Crippen LogP contribution in [0.1, 0.15) is 18.4 Å². The van der Waals surface area contributed by atoms with Gasteiger partial charge in [0, 0.05) is 31.7 Å². The molecule has 0 N–H and O–H groups in total. The third-order valence-corrected chi connectivity index (χ3v) is 7.11. The zero-order valence-electron chi connectivity index (χ0n) is 17.7. The molecule has 0 amide bonds. The van der Waals surface area contributed by atoms with E-state index in [4.69, 9.17) is 9.15 Å².